The van der Waals surface area contributed by atoms with Crippen LogP contribution >= 0.6 is 0 Å². The minimum atomic E-state index is -0.735. The molecule has 0 aliphatic heterocycles. The lowest BCUT2D eigenvalue weighted by atomic mass is 9.99. The zero-order valence-electron chi connectivity index (χ0n) is 16.9. The molecule has 0 fully saturated rings. The molecule has 1 heterocycles. The van der Waals surface area contributed by atoms with Gasteiger partial charge < -0.3 is 19.4 Å². The summed E-state index contributed by atoms with van der Waals surface area (Å²) in [7, 11) is 2.83. The highest BCUT2D eigenvalue weighted by Crippen LogP contribution is 2.22. The largest absolute Gasteiger partial charge is 0.464 e. The number of aromatic amines is 1. The van der Waals surface area contributed by atoms with Gasteiger partial charge in [-0.05, 0) is 38.5 Å². The Morgan fingerprint density at radius 2 is 1.75 bits per heavy atom. The van der Waals surface area contributed by atoms with Crippen molar-refractivity contribution in [1.82, 2.24) is 9.88 Å². The van der Waals surface area contributed by atoms with Gasteiger partial charge in [-0.25, -0.2) is 4.79 Å². The zero-order chi connectivity index (χ0) is 20.8. The first-order chi connectivity index (χ1) is 13.3. The zero-order valence-corrected chi connectivity index (χ0v) is 16.9. The number of nitrogens with zero attached hydrogens (tertiary/aromatic N) is 1. The second-order valence-corrected chi connectivity index (χ2v) is 6.51. The van der Waals surface area contributed by atoms with E-state index >= 15 is 0 Å². The Kier molecular flexibility index (Phi) is 7.12. The summed E-state index contributed by atoms with van der Waals surface area (Å²) in [6.45, 7) is 5.66. The smallest absolute Gasteiger partial charge is 0.354 e. The van der Waals surface area contributed by atoms with Gasteiger partial charge >= 0.3 is 5.97 Å². The summed E-state index contributed by atoms with van der Waals surface area (Å²) in [5.41, 5.74) is 2.22. The first kappa shape index (κ1) is 21.4. The number of aromatic nitrogens is 1. The number of aryl methyl sites for hydroxylation is 1. The Labute approximate surface area is 164 Å². The fourth-order valence-electron chi connectivity index (χ4n) is 3.18. The van der Waals surface area contributed by atoms with E-state index in [1.807, 2.05) is 6.07 Å². The van der Waals surface area contributed by atoms with Gasteiger partial charge in [0.25, 0.3) is 5.91 Å². The molecule has 0 aliphatic rings. The van der Waals surface area contributed by atoms with Crippen molar-refractivity contribution < 1.29 is 23.9 Å². The van der Waals surface area contributed by atoms with Crippen molar-refractivity contribution in [3.8, 4) is 0 Å². The quantitative estimate of drug-likeness (QED) is 0.557. The van der Waals surface area contributed by atoms with Crippen molar-refractivity contribution >= 4 is 17.7 Å². The summed E-state index contributed by atoms with van der Waals surface area (Å²) in [4.78, 5) is 42.6. The van der Waals surface area contributed by atoms with Gasteiger partial charge in [-0.2, -0.15) is 0 Å². The average Bonchev–Trinajstić information content (AvgIpc) is 3.01. The van der Waals surface area contributed by atoms with Crippen LogP contribution in [0.5, 0.6) is 0 Å². The highest BCUT2D eigenvalue weighted by molar-refractivity contribution is 6.07. The second kappa shape index (κ2) is 9.32. The second-order valence-electron chi connectivity index (χ2n) is 6.51. The minimum absolute atomic E-state index is 0.244. The Hall–Kier alpha value is -2.93. The maximum Gasteiger partial charge on any atom is 0.354 e. The molecule has 0 unspecified atom stereocenters. The molecule has 0 saturated heterocycles. The third kappa shape index (κ3) is 4.31. The van der Waals surface area contributed by atoms with E-state index in [0.29, 0.717) is 29.0 Å². The maximum atomic E-state index is 13.2. The van der Waals surface area contributed by atoms with Crippen LogP contribution in [0.15, 0.2) is 30.3 Å². The monoisotopic (exact) mass is 386 g/mol. The molecule has 7 heteroatoms. The highest BCUT2D eigenvalue weighted by Gasteiger charge is 2.31. The van der Waals surface area contributed by atoms with Gasteiger partial charge in [-0.3, -0.25) is 9.59 Å². The number of rotatable bonds is 8. The standard InChI is InChI=1S/C21H26N2O5/c1-13-17(14(2)22-18(13)21(26)28-5)19(24)15(3)23(11-12-27-4)20(25)16-9-7-6-8-10-16/h6-10,15,22H,11-12H2,1-5H3/t15-/m1/s1. The number of ketones is 1. The number of esters is 1. The molecule has 2 rings (SSSR count). The molecular weight excluding hydrogens is 360 g/mol. The number of benzene rings is 1. The molecule has 0 bridgehead atoms. The van der Waals surface area contributed by atoms with Crippen LogP contribution in [-0.2, 0) is 9.47 Å². The molecule has 150 valence electrons. The van der Waals surface area contributed by atoms with Crippen molar-refractivity contribution in [2.24, 2.45) is 0 Å². The van der Waals surface area contributed by atoms with Crippen LogP contribution in [0.4, 0.5) is 0 Å². The van der Waals surface area contributed by atoms with Crippen LogP contribution < -0.4 is 0 Å². The number of methoxy groups -OCH3 is 2. The fourth-order valence-corrected chi connectivity index (χ4v) is 3.18. The van der Waals surface area contributed by atoms with Crippen molar-refractivity contribution in [3.05, 3.63) is 58.4 Å². The van der Waals surface area contributed by atoms with Crippen LogP contribution in [0.3, 0.4) is 0 Å². The van der Waals surface area contributed by atoms with Crippen LogP contribution in [0.25, 0.3) is 0 Å². The number of hydrogen-bond donors (Lipinski definition) is 1. The van der Waals surface area contributed by atoms with E-state index in [0.717, 1.165) is 0 Å². The molecule has 0 saturated carbocycles. The van der Waals surface area contributed by atoms with Crippen LogP contribution in [0.1, 0.15) is 49.4 Å². The number of H-pyrrole nitrogens is 1. The Bertz CT molecular complexity index is 857. The highest BCUT2D eigenvalue weighted by atomic mass is 16.5. The Morgan fingerprint density at radius 3 is 2.32 bits per heavy atom. The number of amides is 1. The van der Waals surface area contributed by atoms with Crippen molar-refractivity contribution in [3.63, 3.8) is 0 Å². The lowest BCUT2D eigenvalue weighted by Crippen LogP contribution is -2.45. The summed E-state index contributed by atoms with van der Waals surface area (Å²) < 4.78 is 9.88. The molecule has 2 aromatic rings. The van der Waals surface area contributed by atoms with Gasteiger partial charge in [0.1, 0.15) is 5.69 Å². The van der Waals surface area contributed by atoms with Crippen LogP contribution in [0, 0.1) is 13.8 Å². The van der Waals surface area contributed by atoms with Gasteiger partial charge in [0, 0.05) is 30.5 Å². The van der Waals surface area contributed by atoms with E-state index < -0.39 is 12.0 Å². The molecule has 1 aromatic carbocycles. The van der Waals surface area contributed by atoms with Crippen molar-refractivity contribution in [2.45, 2.75) is 26.8 Å². The van der Waals surface area contributed by atoms with Crippen molar-refractivity contribution in [2.75, 3.05) is 27.4 Å². The van der Waals surface area contributed by atoms with Gasteiger partial charge in [-0.15, -0.1) is 0 Å². The van der Waals surface area contributed by atoms with E-state index in [4.69, 9.17) is 9.47 Å². The third-order valence-corrected chi connectivity index (χ3v) is 4.74. The maximum absolute atomic E-state index is 13.2. The molecule has 1 amide bonds. The van der Waals surface area contributed by atoms with E-state index in [-0.39, 0.29) is 23.9 Å². The topological polar surface area (TPSA) is 88.7 Å². The number of hydrogen-bond acceptors (Lipinski definition) is 5. The summed E-state index contributed by atoms with van der Waals surface area (Å²) in [6, 6.07) is 8.06. The Balaban J connectivity index is 2.38. The van der Waals surface area contributed by atoms with Gasteiger partial charge in [-0.1, -0.05) is 18.2 Å². The first-order valence-electron chi connectivity index (χ1n) is 9.00. The van der Waals surface area contributed by atoms with Gasteiger partial charge in [0.05, 0.1) is 19.8 Å². The predicted molar refractivity (Wildman–Crippen MR) is 105 cm³/mol. The molecule has 0 spiro atoms. The minimum Gasteiger partial charge on any atom is -0.464 e. The molecule has 0 radical (unpaired) electrons. The normalized spacial score (nSPS) is 11.8. The van der Waals surface area contributed by atoms with Crippen LogP contribution in [0.2, 0.25) is 0 Å². The molecule has 1 N–H and O–H groups in total. The molecular formula is C21H26N2O5. The van der Waals surface area contributed by atoms with Crippen LogP contribution in [-0.4, -0.2) is 61.0 Å². The van der Waals surface area contributed by atoms with E-state index in [1.165, 1.54) is 12.0 Å². The lowest BCUT2D eigenvalue weighted by Gasteiger charge is -2.28. The SMILES string of the molecule is COCCN(C(=O)c1ccccc1)[C@H](C)C(=O)c1c(C)[nH]c(C(=O)OC)c1C. The van der Waals surface area contributed by atoms with Gasteiger partial charge in [0.2, 0.25) is 0 Å². The summed E-state index contributed by atoms with van der Waals surface area (Å²) in [5.74, 6) is -1.04. The van der Waals surface area contributed by atoms with E-state index in [1.54, 1.807) is 52.1 Å². The summed E-state index contributed by atoms with van der Waals surface area (Å²) >= 11 is 0. The fraction of sp³-hybridized carbons (Fsp3) is 0.381. The number of Topliss-reactive ketones (excluding diaryl/α,β-unsaturated/α-hetero) is 1. The molecule has 1 aromatic heterocycles. The predicted octanol–water partition coefficient (Wildman–Crippen LogP) is 2.78. The molecule has 1 atom stereocenters. The van der Waals surface area contributed by atoms with Crippen molar-refractivity contribution in [1.29, 1.82) is 0 Å². The average molecular weight is 386 g/mol. The lowest BCUT2D eigenvalue weighted by molar-refractivity contribution is 0.0563. The number of carbonyl (C=O) groups excluding carboxylic acids is 3. The number of ether oxygens (including phenoxy) is 2. The Morgan fingerprint density at radius 1 is 1.11 bits per heavy atom. The molecule has 28 heavy (non-hydrogen) atoms. The van der Waals surface area contributed by atoms with Gasteiger partial charge in [0.15, 0.2) is 5.78 Å². The van der Waals surface area contributed by atoms with E-state index in [9.17, 15) is 14.4 Å². The first-order valence-corrected chi connectivity index (χ1v) is 9.00. The summed E-state index contributed by atoms with van der Waals surface area (Å²) in [5, 5.41) is 0. The molecule has 7 nitrogen and oxygen atoms in total. The summed E-state index contributed by atoms with van der Waals surface area (Å²) in [6.07, 6.45) is 0. The third-order valence-electron chi connectivity index (χ3n) is 4.74. The molecule has 0 aliphatic carbocycles. The van der Waals surface area contributed by atoms with E-state index in [2.05, 4.69) is 4.98 Å². The number of nitrogens with one attached hydrogen (secondary N) is 1. The number of carbonyl (C=O) groups is 3.